The topological polar surface area (TPSA) is 112 Å². The molecule has 0 aromatic heterocycles. The van der Waals surface area contributed by atoms with Crippen molar-refractivity contribution in [2.45, 2.75) is 63.8 Å². The zero-order valence-electron chi connectivity index (χ0n) is 25.7. The van der Waals surface area contributed by atoms with Crippen molar-refractivity contribution in [3.63, 3.8) is 0 Å². The predicted octanol–water partition coefficient (Wildman–Crippen LogP) is 2.88. The van der Waals surface area contributed by atoms with E-state index in [1.165, 1.54) is 0 Å². The minimum absolute atomic E-state index is 0.0370. The van der Waals surface area contributed by atoms with Crippen molar-refractivity contribution < 1.29 is 33.7 Å². The third kappa shape index (κ3) is 7.66. The Kier molecular flexibility index (Phi) is 11.3. The molecule has 234 valence electrons. The highest BCUT2D eigenvalue weighted by atomic mass is 16.7. The van der Waals surface area contributed by atoms with Crippen LogP contribution in [-0.4, -0.2) is 122 Å². The summed E-state index contributed by atoms with van der Waals surface area (Å²) in [7, 11) is 5.61. The molecule has 0 radical (unpaired) electrons. The minimum Gasteiger partial charge on any atom is -0.493 e. The molecule has 0 aliphatic carbocycles. The first-order chi connectivity index (χ1) is 20.2. The third-order valence-electron chi connectivity index (χ3n) is 8.75. The fraction of sp³-hybridized carbons (Fsp3) is 0.710. The summed E-state index contributed by atoms with van der Waals surface area (Å²) in [4.78, 5) is 46.8. The quantitative estimate of drug-likeness (QED) is 0.312. The van der Waals surface area contributed by atoms with Gasteiger partial charge in [-0.15, -0.1) is 0 Å². The smallest absolute Gasteiger partial charge is 0.308 e. The largest absolute Gasteiger partial charge is 0.493 e. The van der Waals surface area contributed by atoms with Crippen LogP contribution >= 0.6 is 0 Å². The van der Waals surface area contributed by atoms with Crippen LogP contribution in [0.1, 0.15) is 63.4 Å². The van der Waals surface area contributed by atoms with Crippen LogP contribution in [0.5, 0.6) is 17.2 Å². The molecule has 2 saturated heterocycles. The number of hydrogen-bond acceptors (Lipinski definition) is 8. The first-order valence-corrected chi connectivity index (χ1v) is 15.4. The van der Waals surface area contributed by atoms with Gasteiger partial charge in [-0.3, -0.25) is 19.3 Å². The molecule has 3 atom stereocenters. The molecule has 2 fully saturated rings. The van der Waals surface area contributed by atoms with Crippen molar-refractivity contribution in [1.29, 1.82) is 0 Å². The van der Waals surface area contributed by atoms with E-state index in [1.807, 2.05) is 36.0 Å². The lowest BCUT2D eigenvalue weighted by Gasteiger charge is -2.30. The van der Waals surface area contributed by atoms with E-state index < -0.39 is 11.9 Å². The SMILES string of the molecule is CCCCN(CCCN(C)C)C(=O)CN1C[C@H](c2cc(OC)c3c(c2)OCO3)[C@@H](C(=O)O)[C@@H]1CCCN1CCCC1=O. The lowest BCUT2D eigenvalue weighted by atomic mass is 9.83. The molecule has 0 bridgehead atoms. The molecular formula is C31H48N4O7. The van der Waals surface area contributed by atoms with Crippen molar-refractivity contribution in [3.05, 3.63) is 17.7 Å². The molecule has 42 heavy (non-hydrogen) atoms. The molecule has 1 aromatic rings. The minimum atomic E-state index is -0.886. The Bertz CT molecular complexity index is 1100. The van der Waals surface area contributed by atoms with Crippen molar-refractivity contribution in [2.24, 2.45) is 5.92 Å². The Morgan fingerprint density at radius 2 is 1.90 bits per heavy atom. The molecule has 1 aromatic carbocycles. The zero-order chi connectivity index (χ0) is 30.2. The number of nitrogens with zero attached hydrogens (tertiary/aromatic N) is 4. The molecular weight excluding hydrogens is 540 g/mol. The van der Waals surface area contributed by atoms with Gasteiger partial charge >= 0.3 is 5.97 Å². The van der Waals surface area contributed by atoms with Crippen LogP contribution in [0.2, 0.25) is 0 Å². The fourth-order valence-electron chi connectivity index (χ4n) is 6.55. The Balaban J connectivity index is 1.57. The average molecular weight is 589 g/mol. The average Bonchev–Trinajstić information content (AvgIpc) is 3.68. The van der Waals surface area contributed by atoms with Crippen LogP contribution in [-0.2, 0) is 14.4 Å². The van der Waals surface area contributed by atoms with Gasteiger partial charge in [-0.05, 0) is 70.4 Å². The molecule has 0 spiro atoms. The number of carbonyl (C=O) groups excluding carboxylic acids is 2. The Labute approximate surface area is 249 Å². The normalized spacial score (nSPS) is 21.9. The van der Waals surface area contributed by atoms with Crippen LogP contribution in [0.3, 0.4) is 0 Å². The summed E-state index contributed by atoms with van der Waals surface area (Å²) in [5.74, 6) is -0.206. The van der Waals surface area contributed by atoms with E-state index >= 15 is 0 Å². The molecule has 1 N–H and O–H groups in total. The Hall–Kier alpha value is -3.05. The maximum Gasteiger partial charge on any atom is 0.308 e. The molecule has 11 nitrogen and oxygen atoms in total. The van der Waals surface area contributed by atoms with E-state index in [4.69, 9.17) is 14.2 Å². The number of carboxylic acid groups (broad SMARTS) is 1. The van der Waals surface area contributed by atoms with E-state index in [-0.39, 0.29) is 37.1 Å². The van der Waals surface area contributed by atoms with Gasteiger partial charge in [-0.1, -0.05) is 13.3 Å². The van der Waals surface area contributed by atoms with Crippen molar-refractivity contribution in [1.82, 2.24) is 19.6 Å². The number of ether oxygens (including phenoxy) is 3. The number of carboxylic acids is 1. The highest BCUT2D eigenvalue weighted by Crippen LogP contribution is 2.47. The molecule has 0 unspecified atom stereocenters. The lowest BCUT2D eigenvalue weighted by molar-refractivity contribution is -0.144. The number of hydrogen-bond donors (Lipinski definition) is 1. The number of fused-ring (bicyclic) bond motifs is 1. The summed E-state index contributed by atoms with van der Waals surface area (Å²) < 4.78 is 16.8. The summed E-state index contributed by atoms with van der Waals surface area (Å²) in [5.41, 5.74) is 0.798. The third-order valence-corrected chi connectivity index (χ3v) is 8.75. The van der Waals surface area contributed by atoms with Crippen LogP contribution in [0.25, 0.3) is 0 Å². The van der Waals surface area contributed by atoms with E-state index in [2.05, 4.69) is 16.7 Å². The van der Waals surface area contributed by atoms with E-state index in [0.29, 0.717) is 62.7 Å². The molecule has 3 aliphatic heterocycles. The van der Waals surface area contributed by atoms with Crippen LogP contribution in [0, 0.1) is 5.92 Å². The van der Waals surface area contributed by atoms with E-state index in [1.54, 1.807) is 7.11 Å². The summed E-state index contributed by atoms with van der Waals surface area (Å²) >= 11 is 0. The number of methoxy groups -OCH3 is 1. The maximum absolute atomic E-state index is 13.7. The van der Waals surface area contributed by atoms with Gasteiger partial charge in [0, 0.05) is 51.1 Å². The van der Waals surface area contributed by atoms with Gasteiger partial charge < -0.3 is 34.0 Å². The van der Waals surface area contributed by atoms with Crippen LogP contribution < -0.4 is 14.2 Å². The standard InChI is InChI=1S/C31H48N4O7/c1-5-6-13-34(16-9-12-32(2)3)28(37)20-35-19-23(22-17-25(40-4)30-26(18-22)41-21-42-30)29(31(38)39)24(35)10-7-14-33-15-8-11-27(33)36/h17-18,23-24,29H,5-16,19-21H2,1-4H3,(H,38,39)/t23-,24+,29-/m1/s1. The number of aliphatic carboxylic acids is 1. The van der Waals surface area contributed by atoms with E-state index in [9.17, 15) is 19.5 Å². The Morgan fingerprint density at radius 1 is 1.12 bits per heavy atom. The molecule has 3 heterocycles. The second-order valence-electron chi connectivity index (χ2n) is 11.9. The van der Waals surface area contributed by atoms with Gasteiger partial charge in [0.25, 0.3) is 0 Å². The molecule has 4 rings (SSSR count). The second kappa shape index (κ2) is 14.9. The monoisotopic (exact) mass is 588 g/mol. The van der Waals surface area contributed by atoms with Crippen molar-refractivity contribution in [2.75, 3.05) is 73.8 Å². The number of amides is 2. The highest BCUT2D eigenvalue weighted by Gasteiger charge is 2.47. The predicted molar refractivity (Wildman–Crippen MR) is 158 cm³/mol. The molecule has 11 heteroatoms. The van der Waals surface area contributed by atoms with Gasteiger partial charge in [-0.25, -0.2) is 0 Å². The summed E-state index contributed by atoms with van der Waals surface area (Å²) in [6.07, 6.45) is 5.53. The number of rotatable bonds is 16. The lowest BCUT2D eigenvalue weighted by Crippen LogP contribution is -2.45. The first-order valence-electron chi connectivity index (χ1n) is 15.4. The molecule has 2 amide bonds. The summed E-state index contributed by atoms with van der Waals surface area (Å²) in [6.45, 7) is 6.44. The van der Waals surface area contributed by atoms with Crippen LogP contribution in [0.15, 0.2) is 12.1 Å². The van der Waals surface area contributed by atoms with Crippen LogP contribution in [0.4, 0.5) is 0 Å². The summed E-state index contributed by atoms with van der Waals surface area (Å²) in [5, 5.41) is 10.6. The number of unbranched alkanes of at least 4 members (excludes halogenated alkanes) is 1. The van der Waals surface area contributed by atoms with E-state index in [0.717, 1.165) is 44.3 Å². The number of carbonyl (C=O) groups is 3. The molecule has 0 saturated carbocycles. The zero-order valence-corrected chi connectivity index (χ0v) is 25.7. The highest BCUT2D eigenvalue weighted by molar-refractivity contribution is 5.79. The van der Waals surface area contributed by atoms with Crippen molar-refractivity contribution in [3.8, 4) is 17.2 Å². The van der Waals surface area contributed by atoms with Gasteiger partial charge in [0.15, 0.2) is 11.5 Å². The maximum atomic E-state index is 13.7. The van der Waals surface area contributed by atoms with Crippen molar-refractivity contribution >= 4 is 17.8 Å². The van der Waals surface area contributed by atoms with Gasteiger partial charge in [0.1, 0.15) is 0 Å². The molecule has 3 aliphatic rings. The second-order valence-corrected chi connectivity index (χ2v) is 11.9. The van der Waals surface area contributed by atoms with Gasteiger partial charge in [0.05, 0.1) is 19.6 Å². The fourth-order valence-corrected chi connectivity index (χ4v) is 6.55. The van der Waals surface area contributed by atoms with Gasteiger partial charge in [-0.2, -0.15) is 0 Å². The van der Waals surface area contributed by atoms with Gasteiger partial charge in [0.2, 0.25) is 24.4 Å². The number of likely N-dealkylation sites (tertiary alicyclic amines) is 2. The summed E-state index contributed by atoms with van der Waals surface area (Å²) in [6, 6.07) is 3.35. The first kappa shape index (κ1) is 31.9. The number of benzene rings is 1. The Morgan fingerprint density at radius 3 is 2.57 bits per heavy atom.